The first-order chi connectivity index (χ1) is 17.5. The zero-order valence-corrected chi connectivity index (χ0v) is 21.4. The lowest BCUT2D eigenvalue weighted by Gasteiger charge is -2.39. The van der Waals surface area contributed by atoms with E-state index < -0.39 is 11.9 Å². The van der Waals surface area contributed by atoms with Gasteiger partial charge in [-0.2, -0.15) is 0 Å². The number of β-amino-alcohol motifs (C(OH)–C–C–N with tert-alkyl or cyclic N) is 1. The van der Waals surface area contributed by atoms with E-state index in [2.05, 4.69) is 4.90 Å². The standard InChI is InChI=1S/C22H24Cl2N2O3.C4H4O4/c23-18-5-4-14(10-19(18)24)11-22(29)26-9-7-17-16(2-1-3-21(17)28)20(26)13-25-8-6-15(27)12-25;5-3(6)1-2-4(7)8/h1-5,10,15,20,27-28H,6-9,11-13H2;1-2H,(H,5,6)(H,7,8). The fourth-order valence-corrected chi connectivity index (χ4v) is 4.84. The lowest BCUT2D eigenvalue weighted by molar-refractivity contribution is -0.134. The second-order valence-electron chi connectivity index (χ2n) is 8.83. The summed E-state index contributed by atoms with van der Waals surface area (Å²) in [6, 6.07) is 10.6. The molecule has 0 spiro atoms. The van der Waals surface area contributed by atoms with Crippen LogP contribution in [0.5, 0.6) is 5.75 Å². The lowest BCUT2D eigenvalue weighted by Crippen LogP contribution is -2.45. The van der Waals surface area contributed by atoms with Crippen molar-refractivity contribution in [3.63, 3.8) is 0 Å². The van der Waals surface area contributed by atoms with Crippen LogP contribution in [0.4, 0.5) is 0 Å². The normalized spacial score (nSPS) is 19.3. The number of fused-ring (bicyclic) bond motifs is 1. The molecule has 0 aromatic heterocycles. The molecule has 198 valence electrons. The van der Waals surface area contributed by atoms with Gasteiger partial charge in [0.2, 0.25) is 5.91 Å². The average Bonchev–Trinajstić information content (AvgIpc) is 3.25. The number of aliphatic hydroxyl groups excluding tert-OH is 1. The molecular weight excluding hydrogens is 523 g/mol. The minimum absolute atomic E-state index is 0.0159. The van der Waals surface area contributed by atoms with E-state index in [1.54, 1.807) is 18.2 Å². The third-order valence-electron chi connectivity index (χ3n) is 6.23. The predicted octanol–water partition coefficient (Wildman–Crippen LogP) is 3.15. The minimum atomic E-state index is -1.26. The first-order valence-corrected chi connectivity index (χ1v) is 12.4. The molecule has 0 bridgehead atoms. The Morgan fingerprint density at radius 1 is 1.00 bits per heavy atom. The van der Waals surface area contributed by atoms with Gasteiger partial charge in [0.15, 0.2) is 0 Å². The van der Waals surface area contributed by atoms with Crippen LogP contribution in [0.25, 0.3) is 0 Å². The number of rotatable bonds is 6. The number of nitrogens with zero attached hydrogens (tertiary/aromatic N) is 2. The number of carbonyl (C=O) groups is 3. The molecule has 1 fully saturated rings. The number of benzene rings is 2. The Bertz CT molecular complexity index is 1170. The summed E-state index contributed by atoms with van der Waals surface area (Å²) in [6.07, 6.45) is 2.41. The smallest absolute Gasteiger partial charge is 0.328 e. The van der Waals surface area contributed by atoms with E-state index in [0.717, 1.165) is 29.7 Å². The van der Waals surface area contributed by atoms with Crippen molar-refractivity contribution in [1.82, 2.24) is 9.80 Å². The number of phenols is 1. The molecule has 2 heterocycles. The molecule has 0 saturated carbocycles. The van der Waals surface area contributed by atoms with Crippen LogP contribution in [-0.4, -0.2) is 80.4 Å². The summed E-state index contributed by atoms with van der Waals surface area (Å²) in [6.45, 7) is 2.60. The predicted molar refractivity (Wildman–Crippen MR) is 138 cm³/mol. The summed E-state index contributed by atoms with van der Waals surface area (Å²) in [5.41, 5.74) is 2.72. The van der Waals surface area contributed by atoms with Crippen LogP contribution >= 0.6 is 23.2 Å². The molecule has 0 aliphatic carbocycles. The zero-order chi connectivity index (χ0) is 27.1. The first-order valence-electron chi connectivity index (χ1n) is 11.6. The molecule has 37 heavy (non-hydrogen) atoms. The van der Waals surface area contributed by atoms with Gasteiger partial charge in [0.25, 0.3) is 0 Å². The monoisotopic (exact) mass is 550 g/mol. The molecule has 2 aromatic rings. The number of aromatic hydroxyl groups is 1. The number of hydrogen-bond acceptors (Lipinski definition) is 6. The van der Waals surface area contributed by atoms with Crippen LogP contribution in [0, 0.1) is 0 Å². The number of carbonyl (C=O) groups excluding carboxylic acids is 1. The van der Waals surface area contributed by atoms with E-state index >= 15 is 0 Å². The molecule has 2 aliphatic heterocycles. The molecule has 2 aromatic carbocycles. The SMILES string of the molecule is O=C(Cc1ccc(Cl)c(Cl)c1)N1CCc2c(O)cccc2C1CN1CCC(O)C1.O=C(O)C=CC(=O)O. The maximum atomic E-state index is 13.2. The molecule has 9 nitrogen and oxygen atoms in total. The Kier molecular flexibility index (Phi) is 9.93. The van der Waals surface area contributed by atoms with Crippen LogP contribution in [0.2, 0.25) is 10.0 Å². The van der Waals surface area contributed by atoms with Gasteiger partial charge in [0, 0.05) is 43.9 Å². The van der Waals surface area contributed by atoms with Gasteiger partial charge in [-0.05, 0) is 42.2 Å². The van der Waals surface area contributed by atoms with E-state index in [1.165, 1.54) is 0 Å². The van der Waals surface area contributed by atoms with Crippen molar-refractivity contribution in [1.29, 1.82) is 0 Å². The van der Waals surface area contributed by atoms with Crippen molar-refractivity contribution in [2.24, 2.45) is 0 Å². The summed E-state index contributed by atoms with van der Waals surface area (Å²) in [5.74, 6) is -2.22. The largest absolute Gasteiger partial charge is 0.508 e. The van der Waals surface area contributed by atoms with Crippen LogP contribution in [0.3, 0.4) is 0 Å². The molecule has 0 radical (unpaired) electrons. The van der Waals surface area contributed by atoms with Gasteiger partial charge in [-0.1, -0.05) is 41.4 Å². The van der Waals surface area contributed by atoms with E-state index in [-0.39, 0.29) is 30.2 Å². The zero-order valence-electron chi connectivity index (χ0n) is 19.9. The molecule has 1 saturated heterocycles. The van der Waals surface area contributed by atoms with Gasteiger partial charge in [0.1, 0.15) is 5.75 Å². The molecule has 1 amide bonds. The van der Waals surface area contributed by atoms with Crippen LogP contribution < -0.4 is 0 Å². The van der Waals surface area contributed by atoms with Crippen molar-refractivity contribution in [3.8, 4) is 5.75 Å². The van der Waals surface area contributed by atoms with Gasteiger partial charge >= 0.3 is 11.9 Å². The van der Waals surface area contributed by atoms with Crippen molar-refractivity contribution < 1.29 is 34.8 Å². The van der Waals surface area contributed by atoms with Gasteiger partial charge in [0.05, 0.1) is 28.6 Å². The maximum Gasteiger partial charge on any atom is 0.328 e. The number of carboxylic acids is 2. The summed E-state index contributed by atoms with van der Waals surface area (Å²) < 4.78 is 0. The average molecular weight is 551 g/mol. The first kappa shape index (κ1) is 28.5. The van der Waals surface area contributed by atoms with Crippen molar-refractivity contribution in [2.75, 3.05) is 26.2 Å². The second-order valence-corrected chi connectivity index (χ2v) is 9.65. The Hall–Kier alpha value is -3.11. The highest BCUT2D eigenvalue weighted by Gasteiger charge is 2.34. The Morgan fingerprint density at radius 2 is 1.70 bits per heavy atom. The highest BCUT2D eigenvalue weighted by atomic mass is 35.5. The maximum absolute atomic E-state index is 13.2. The summed E-state index contributed by atoms with van der Waals surface area (Å²) in [7, 11) is 0. The highest BCUT2D eigenvalue weighted by Crippen LogP contribution is 2.36. The molecule has 11 heteroatoms. The quantitative estimate of drug-likeness (QED) is 0.402. The number of halogens is 2. The Morgan fingerprint density at radius 3 is 2.30 bits per heavy atom. The van der Waals surface area contributed by atoms with E-state index in [4.69, 9.17) is 33.4 Å². The van der Waals surface area contributed by atoms with Gasteiger partial charge in [-0.3, -0.25) is 9.69 Å². The van der Waals surface area contributed by atoms with E-state index in [1.807, 2.05) is 23.1 Å². The van der Waals surface area contributed by atoms with Gasteiger partial charge in [-0.15, -0.1) is 0 Å². The highest BCUT2D eigenvalue weighted by molar-refractivity contribution is 6.42. The second kappa shape index (κ2) is 12.9. The third-order valence-corrected chi connectivity index (χ3v) is 6.97. The molecule has 4 N–H and O–H groups in total. The van der Waals surface area contributed by atoms with Gasteiger partial charge in [-0.25, -0.2) is 9.59 Å². The van der Waals surface area contributed by atoms with Gasteiger partial charge < -0.3 is 25.3 Å². The Balaban J connectivity index is 0.000000414. The molecule has 2 aliphatic rings. The fraction of sp³-hybridized carbons (Fsp3) is 0.346. The number of aliphatic hydroxyl groups is 1. The molecule has 2 atom stereocenters. The summed E-state index contributed by atoms with van der Waals surface area (Å²) >= 11 is 12.1. The minimum Gasteiger partial charge on any atom is -0.508 e. The summed E-state index contributed by atoms with van der Waals surface area (Å²) in [4.78, 5) is 36.4. The topological polar surface area (TPSA) is 139 Å². The third kappa shape index (κ3) is 7.93. The Labute approximate surface area is 224 Å². The number of phenolic OH excluding ortho intramolecular Hbond substituents is 1. The van der Waals surface area contributed by atoms with Crippen molar-refractivity contribution in [2.45, 2.75) is 31.4 Å². The fourth-order valence-electron chi connectivity index (χ4n) is 4.52. The number of likely N-dealkylation sites (tertiary alicyclic amines) is 1. The van der Waals surface area contributed by atoms with Crippen LogP contribution in [0.15, 0.2) is 48.6 Å². The number of aliphatic carboxylic acids is 2. The lowest BCUT2D eigenvalue weighted by atomic mass is 9.91. The van der Waals surface area contributed by atoms with E-state index in [0.29, 0.717) is 48.3 Å². The van der Waals surface area contributed by atoms with Crippen LogP contribution in [0.1, 0.15) is 29.2 Å². The molecule has 4 rings (SSSR count). The van der Waals surface area contributed by atoms with Crippen molar-refractivity contribution in [3.05, 3.63) is 75.3 Å². The van der Waals surface area contributed by atoms with Crippen molar-refractivity contribution >= 4 is 41.0 Å². The number of amides is 1. The molecule has 2 unspecified atom stereocenters. The number of carboxylic acid groups (broad SMARTS) is 2. The van der Waals surface area contributed by atoms with Crippen LogP contribution in [-0.2, 0) is 27.2 Å². The molecular formula is C26H28Cl2N2O7. The summed E-state index contributed by atoms with van der Waals surface area (Å²) in [5, 5.41) is 36.7. The van der Waals surface area contributed by atoms with E-state index in [9.17, 15) is 24.6 Å². The number of hydrogen-bond donors (Lipinski definition) is 4.